The van der Waals surface area contributed by atoms with E-state index in [1.165, 1.54) is 5.56 Å². The third kappa shape index (κ3) is 5.28. The Morgan fingerprint density at radius 2 is 1.48 bits per heavy atom. The van der Waals surface area contributed by atoms with Crippen molar-refractivity contribution in [2.45, 2.75) is 26.4 Å². The molecule has 0 bridgehead atoms. The van der Waals surface area contributed by atoms with Crippen molar-refractivity contribution in [1.82, 2.24) is 5.32 Å². The number of benzene rings is 2. The zero-order valence-electron chi connectivity index (χ0n) is 12.4. The molecule has 0 unspecified atom stereocenters. The van der Waals surface area contributed by atoms with E-state index in [1.807, 2.05) is 54.6 Å². The SMILES string of the molecule is CC(C)NCc1ccc(NC(=O)Nc2ccccc2)cc1. The summed E-state index contributed by atoms with van der Waals surface area (Å²) in [6.07, 6.45) is 0. The van der Waals surface area contributed by atoms with Crippen LogP contribution in [0.3, 0.4) is 0 Å². The minimum atomic E-state index is -0.241. The van der Waals surface area contributed by atoms with E-state index in [9.17, 15) is 4.79 Å². The first-order valence-corrected chi connectivity index (χ1v) is 7.09. The van der Waals surface area contributed by atoms with Crippen molar-refractivity contribution in [3.63, 3.8) is 0 Å². The van der Waals surface area contributed by atoms with Gasteiger partial charge in [-0.1, -0.05) is 44.2 Å². The van der Waals surface area contributed by atoms with Crippen LogP contribution in [0.5, 0.6) is 0 Å². The van der Waals surface area contributed by atoms with Gasteiger partial charge in [0.05, 0.1) is 0 Å². The third-order valence-electron chi connectivity index (χ3n) is 2.96. The fraction of sp³-hybridized carbons (Fsp3) is 0.235. The number of hydrogen-bond acceptors (Lipinski definition) is 2. The molecule has 0 spiro atoms. The van der Waals surface area contributed by atoms with Gasteiger partial charge in [-0.3, -0.25) is 0 Å². The van der Waals surface area contributed by atoms with E-state index in [2.05, 4.69) is 29.8 Å². The molecule has 21 heavy (non-hydrogen) atoms. The number of carbonyl (C=O) groups excluding carboxylic acids is 1. The Hall–Kier alpha value is -2.33. The minimum absolute atomic E-state index is 0.241. The van der Waals surface area contributed by atoms with Gasteiger partial charge in [-0.2, -0.15) is 0 Å². The maximum absolute atomic E-state index is 11.8. The van der Waals surface area contributed by atoms with Gasteiger partial charge < -0.3 is 16.0 Å². The quantitative estimate of drug-likeness (QED) is 0.781. The van der Waals surface area contributed by atoms with Crippen molar-refractivity contribution in [3.05, 3.63) is 60.2 Å². The lowest BCUT2D eigenvalue weighted by Crippen LogP contribution is -2.22. The Balaban J connectivity index is 1.86. The summed E-state index contributed by atoms with van der Waals surface area (Å²) in [4.78, 5) is 11.8. The summed E-state index contributed by atoms with van der Waals surface area (Å²) in [6, 6.07) is 17.4. The van der Waals surface area contributed by atoms with Crippen molar-refractivity contribution in [1.29, 1.82) is 0 Å². The molecule has 0 atom stereocenters. The van der Waals surface area contributed by atoms with E-state index in [-0.39, 0.29) is 6.03 Å². The monoisotopic (exact) mass is 283 g/mol. The third-order valence-corrected chi connectivity index (χ3v) is 2.96. The predicted octanol–water partition coefficient (Wildman–Crippen LogP) is 3.83. The summed E-state index contributed by atoms with van der Waals surface area (Å²) in [7, 11) is 0. The first-order chi connectivity index (χ1) is 10.1. The van der Waals surface area contributed by atoms with Gasteiger partial charge in [0.15, 0.2) is 0 Å². The van der Waals surface area contributed by atoms with E-state index in [0.29, 0.717) is 6.04 Å². The highest BCUT2D eigenvalue weighted by atomic mass is 16.2. The largest absolute Gasteiger partial charge is 0.323 e. The first-order valence-electron chi connectivity index (χ1n) is 7.09. The number of amides is 2. The van der Waals surface area contributed by atoms with Gasteiger partial charge in [0.2, 0.25) is 0 Å². The minimum Gasteiger partial charge on any atom is -0.310 e. The number of hydrogen-bond donors (Lipinski definition) is 3. The zero-order chi connectivity index (χ0) is 15.1. The Morgan fingerprint density at radius 3 is 2.05 bits per heavy atom. The molecule has 3 N–H and O–H groups in total. The lowest BCUT2D eigenvalue weighted by molar-refractivity contribution is 0.262. The van der Waals surface area contributed by atoms with Crippen LogP contribution in [0.15, 0.2) is 54.6 Å². The van der Waals surface area contributed by atoms with Crippen LogP contribution in [0.2, 0.25) is 0 Å². The van der Waals surface area contributed by atoms with Crippen LogP contribution in [0.1, 0.15) is 19.4 Å². The highest BCUT2D eigenvalue weighted by molar-refractivity contribution is 5.99. The Kier molecular flexibility index (Phi) is 5.35. The molecule has 0 aromatic heterocycles. The fourth-order valence-corrected chi connectivity index (χ4v) is 1.84. The van der Waals surface area contributed by atoms with Crippen molar-refractivity contribution in [2.75, 3.05) is 10.6 Å². The molecule has 0 fully saturated rings. The smallest absolute Gasteiger partial charge is 0.310 e. The summed E-state index contributed by atoms with van der Waals surface area (Å²) in [5, 5.41) is 8.95. The molecule has 0 radical (unpaired) electrons. The van der Waals surface area contributed by atoms with Crippen LogP contribution < -0.4 is 16.0 Å². The van der Waals surface area contributed by atoms with E-state index < -0.39 is 0 Å². The van der Waals surface area contributed by atoms with E-state index in [0.717, 1.165) is 17.9 Å². The second-order valence-electron chi connectivity index (χ2n) is 5.18. The van der Waals surface area contributed by atoms with Crippen LogP contribution in [-0.4, -0.2) is 12.1 Å². The normalized spacial score (nSPS) is 10.4. The van der Waals surface area contributed by atoms with Gasteiger partial charge in [-0.05, 0) is 29.8 Å². The average molecular weight is 283 g/mol. The molecule has 0 saturated heterocycles. The van der Waals surface area contributed by atoms with Crippen molar-refractivity contribution >= 4 is 17.4 Å². The van der Waals surface area contributed by atoms with Crippen molar-refractivity contribution in [3.8, 4) is 0 Å². The topological polar surface area (TPSA) is 53.2 Å². The highest BCUT2D eigenvalue weighted by Crippen LogP contribution is 2.11. The number of nitrogens with one attached hydrogen (secondary N) is 3. The summed E-state index contributed by atoms with van der Waals surface area (Å²) >= 11 is 0. The van der Waals surface area contributed by atoms with Crippen LogP contribution in [0, 0.1) is 0 Å². The van der Waals surface area contributed by atoms with Gasteiger partial charge in [-0.15, -0.1) is 0 Å². The molecule has 2 aromatic rings. The predicted molar refractivity (Wildman–Crippen MR) is 87.5 cm³/mol. The second-order valence-corrected chi connectivity index (χ2v) is 5.18. The average Bonchev–Trinajstić information content (AvgIpc) is 2.47. The molecule has 0 aliphatic heterocycles. The van der Waals surface area contributed by atoms with E-state index in [1.54, 1.807) is 0 Å². The molecule has 0 heterocycles. The maximum Gasteiger partial charge on any atom is 0.323 e. The standard InChI is InChI=1S/C17H21N3O/c1-13(2)18-12-14-8-10-16(11-9-14)20-17(21)19-15-6-4-3-5-7-15/h3-11,13,18H,12H2,1-2H3,(H2,19,20,21). The molecule has 2 amide bonds. The van der Waals surface area contributed by atoms with Crippen molar-refractivity contribution in [2.24, 2.45) is 0 Å². The second kappa shape index (κ2) is 7.45. The number of carbonyl (C=O) groups is 1. The van der Waals surface area contributed by atoms with Gasteiger partial charge >= 0.3 is 6.03 Å². The summed E-state index contributed by atoms with van der Waals surface area (Å²) in [6.45, 7) is 5.06. The van der Waals surface area contributed by atoms with Gasteiger partial charge in [0, 0.05) is 24.0 Å². The molecule has 4 heteroatoms. The maximum atomic E-state index is 11.8. The van der Waals surface area contributed by atoms with E-state index >= 15 is 0 Å². The number of urea groups is 1. The van der Waals surface area contributed by atoms with Crippen LogP contribution in [0.25, 0.3) is 0 Å². The van der Waals surface area contributed by atoms with E-state index in [4.69, 9.17) is 0 Å². The summed E-state index contributed by atoms with van der Waals surface area (Å²) in [5.41, 5.74) is 2.74. The van der Waals surface area contributed by atoms with Gasteiger partial charge in [0.25, 0.3) is 0 Å². The summed E-state index contributed by atoms with van der Waals surface area (Å²) < 4.78 is 0. The molecule has 0 aliphatic rings. The number of rotatable bonds is 5. The Labute approximate surface area is 125 Å². The van der Waals surface area contributed by atoms with Gasteiger partial charge in [-0.25, -0.2) is 4.79 Å². The first kappa shape index (κ1) is 15.1. The molecule has 4 nitrogen and oxygen atoms in total. The number of para-hydroxylation sites is 1. The Bertz CT molecular complexity index is 564. The lowest BCUT2D eigenvalue weighted by Gasteiger charge is -2.10. The summed E-state index contributed by atoms with van der Waals surface area (Å²) in [5.74, 6) is 0. The van der Waals surface area contributed by atoms with Gasteiger partial charge in [0.1, 0.15) is 0 Å². The Morgan fingerprint density at radius 1 is 0.905 bits per heavy atom. The molecule has 0 saturated carbocycles. The molecule has 0 aliphatic carbocycles. The molecule has 2 aromatic carbocycles. The van der Waals surface area contributed by atoms with Crippen LogP contribution in [-0.2, 0) is 6.54 Å². The lowest BCUT2D eigenvalue weighted by atomic mass is 10.2. The zero-order valence-corrected chi connectivity index (χ0v) is 12.4. The highest BCUT2D eigenvalue weighted by Gasteiger charge is 2.02. The molecule has 110 valence electrons. The van der Waals surface area contributed by atoms with Crippen molar-refractivity contribution < 1.29 is 4.79 Å². The van der Waals surface area contributed by atoms with Crippen LogP contribution >= 0.6 is 0 Å². The number of anilines is 2. The molecular formula is C17H21N3O. The van der Waals surface area contributed by atoms with Crippen LogP contribution in [0.4, 0.5) is 16.2 Å². The molecular weight excluding hydrogens is 262 g/mol. The fourth-order valence-electron chi connectivity index (χ4n) is 1.84. The molecule has 2 rings (SSSR count).